The van der Waals surface area contributed by atoms with Crippen molar-refractivity contribution in [3.05, 3.63) is 77.5 Å². The van der Waals surface area contributed by atoms with Crippen LogP contribution in [0.1, 0.15) is 22.5 Å². The summed E-state index contributed by atoms with van der Waals surface area (Å²) in [5, 5.41) is 1.32. The van der Waals surface area contributed by atoms with Gasteiger partial charge in [-0.1, -0.05) is 18.2 Å². The van der Waals surface area contributed by atoms with E-state index in [1.165, 1.54) is 27.7 Å². The molecular weight excluding hydrogens is 334 g/mol. The second kappa shape index (κ2) is 6.59. The van der Waals surface area contributed by atoms with Crippen molar-refractivity contribution in [1.82, 2.24) is 24.8 Å². The zero-order valence-electron chi connectivity index (χ0n) is 15.3. The number of hydrogen-bond acceptors (Lipinski definition) is 4. The van der Waals surface area contributed by atoms with E-state index in [0.717, 1.165) is 43.1 Å². The molecule has 0 radical (unpaired) electrons. The molecule has 1 aromatic carbocycles. The highest BCUT2D eigenvalue weighted by molar-refractivity contribution is 5.84. The molecule has 3 aromatic heterocycles. The maximum atomic E-state index is 4.80. The predicted molar refractivity (Wildman–Crippen MR) is 106 cm³/mol. The van der Waals surface area contributed by atoms with Crippen LogP contribution in [0.5, 0.6) is 0 Å². The Morgan fingerprint density at radius 1 is 1.11 bits per heavy atom. The van der Waals surface area contributed by atoms with Crippen LogP contribution in [0.15, 0.2) is 55.0 Å². The van der Waals surface area contributed by atoms with Crippen LogP contribution in [0.2, 0.25) is 0 Å². The lowest BCUT2D eigenvalue weighted by Gasteiger charge is -2.28. The summed E-state index contributed by atoms with van der Waals surface area (Å²) in [6.07, 6.45) is 6.52. The fourth-order valence-electron chi connectivity index (χ4n) is 3.91. The van der Waals surface area contributed by atoms with E-state index in [1.807, 2.05) is 24.5 Å². The predicted octanol–water partition coefficient (Wildman–Crippen LogP) is 3.89. The number of para-hydroxylation sites is 1. The number of nitrogens with zero attached hydrogens (tertiary/aromatic N) is 4. The molecule has 4 aromatic rings. The minimum absolute atomic E-state index is 0.766. The second-order valence-corrected chi connectivity index (χ2v) is 7.14. The largest absolute Gasteiger partial charge is 0.358 e. The molecule has 5 heteroatoms. The van der Waals surface area contributed by atoms with E-state index in [4.69, 9.17) is 4.98 Å². The first-order valence-corrected chi connectivity index (χ1v) is 9.31. The number of aryl methyl sites for hydroxylation is 1. The third-order valence-corrected chi connectivity index (χ3v) is 5.34. The molecule has 0 amide bonds. The number of benzene rings is 1. The maximum absolute atomic E-state index is 4.80. The van der Waals surface area contributed by atoms with Gasteiger partial charge in [0, 0.05) is 72.4 Å². The van der Waals surface area contributed by atoms with Crippen molar-refractivity contribution >= 4 is 10.9 Å². The van der Waals surface area contributed by atoms with Gasteiger partial charge >= 0.3 is 0 Å². The van der Waals surface area contributed by atoms with Gasteiger partial charge in [-0.15, -0.1) is 0 Å². The van der Waals surface area contributed by atoms with Gasteiger partial charge in [-0.05, 0) is 30.7 Å². The van der Waals surface area contributed by atoms with Crippen LogP contribution in [0.4, 0.5) is 0 Å². The fourth-order valence-corrected chi connectivity index (χ4v) is 3.91. The molecule has 0 saturated carbocycles. The molecule has 0 atom stereocenters. The number of aromatic amines is 1. The molecule has 0 bridgehead atoms. The molecule has 1 aliphatic rings. The molecular formula is C22H21N5. The van der Waals surface area contributed by atoms with E-state index >= 15 is 0 Å². The Morgan fingerprint density at radius 3 is 2.93 bits per heavy atom. The smallest absolute Gasteiger partial charge is 0.160 e. The Balaban J connectivity index is 1.39. The Kier molecular flexibility index (Phi) is 3.94. The summed E-state index contributed by atoms with van der Waals surface area (Å²) in [5.74, 6) is 0.766. The summed E-state index contributed by atoms with van der Waals surface area (Å²) in [6.45, 7) is 5.01. The van der Waals surface area contributed by atoms with Crippen molar-refractivity contribution in [2.75, 3.05) is 6.54 Å². The topological polar surface area (TPSA) is 57.7 Å². The van der Waals surface area contributed by atoms with Crippen LogP contribution in [0.25, 0.3) is 22.3 Å². The van der Waals surface area contributed by atoms with Gasteiger partial charge in [-0.2, -0.15) is 0 Å². The van der Waals surface area contributed by atoms with Gasteiger partial charge in [0.05, 0.1) is 5.69 Å². The normalized spacial score (nSPS) is 14.4. The Hall–Kier alpha value is -3.05. The van der Waals surface area contributed by atoms with E-state index in [1.54, 1.807) is 6.20 Å². The summed E-state index contributed by atoms with van der Waals surface area (Å²) in [6, 6.07) is 12.5. The Bertz CT molecular complexity index is 1100. The van der Waals surface area contributed by atoms with Gasteiger partial charge in [-0.25, -0.2) is 9.97 Å². The molecule has 1 N–H and O–H groups in total. The summed E-state index contributed by atoms with van der Waals surface area (Å²) >= 11 is 0. The van der Waals surface area contributed by atoms with E-state index in [2.05, 4.69) is 51.0 Å². The van der Waals surface area contributed by atoms with Crippen molar-refractivity contribution < 1.29 is 0 Å². The van der Waals surface area contributed by atoms with Crippen LogP contribution in [0, 0.1) is 6.92 Å². The third-order valence-electron chi connectivity index (χ3n) is 5.34. The number of pyridine rings is 1. The molecule has 4 heterocycles. The van der Waals surface area contributed by atoms with E-state index in [-0.39, 0.29) is 0 Å². The maximum Gasteiger partial charge on any atom is 0.160 e. The van der Waals surface area contributed by atoms with Crippen LogP contribution in [0.3, 0.4) is 0 Å². The Labute approximate surface area is 158 Å². The summed E-state index contributed by atoms with van der Waals surface area (Å²) in [7, 11) is 0. The first kappa shape index (κ1) is 16.1. The highest BCUT2D eigenvalue weighted by Crippen LogP contribution is 2.26. The van der Waals surface area contributed by atoms with Gasteiger partial charge in [0.25, 0.3) is 0 Å². The van der Waals surface area contributed by atoms with Crippen molar-refractivity contribution in [3.63, 3.8) is 0 Å². The molecule has 5 nitrogen and oxygen atoms in total. The van der Waals surface area contributed by atoms with Gasteiger partial charge in [-0.3, -0.25) is 9.88 Å². The van der Waals surface area contributed by atoms with Gasteiger partial charge in [0.2, 0.25) is 0 Å². The van der Waals surface area contributed by atoms with Crippen molar-refractivity contribution in [2.24, 2.45) is 0 Å². The van der Waals surface area contributed by atoms with E-state index in [0.29, 0.717) is 0 Å². The first-order valence-electron chi connectivity index (χ1n) is 9.31. The molecule has 134 valence electrons. The van der Waals surface area contributed by atoms with Gasteiger partial charge < -0.3 is 4.98 Å². The molecule has 1 aliphatic heterocycles. The lowest BCUT2D eigenvalue weighted by Crippen LogP contribution is -2.31. The molecule has 0 saturated heterocycles. The summed E-state index contributed by atoms with van der Waals surface area (Å²) < 4.78 is 0. The molecule has 0 fully saturated rings. The van der Waals surface area contributed by atoms with Gasteiger partial charge in [0.15, 0.2) is 5.82 Å². The fraction of sp³-hybridized carbons (Fsp3) is 0.227. The van der Waals surface area contributed by atoms with E-state index < -0.39 is 0 Å². The van der Waals surface area contributed by atoms with E-state index in [9.17, 15) is 0 Å². The van der Waals surface area contributed by atoms with Crippen molar-refractivity contribution in [2.45, 2.75) is 26.4 Å². The summed E-state index contributed by atoms with van der Waals surface area (Å²) in [4.78, 5) is 19.5. The monoisotopic (exact) mass is 355 g/mol. The van der Waals surface area contributed by atoms with Crippen LogP contribution in [-0.4, -0.2) is 31.4 Å². The molecule has 0 unspecified atom stereocenters. The average molecular weight is 355 g/mol. The van der Waals surface area contributed by atoms with Crippen molar-refractivity contribution in [3.8, 4) is 11.4 Å². The first-order chi connectivity index (χ1) is 13.3. The lowest BCUT2D eigenvalue weighted by atomic mass is 10.0. The molecule has 27 heavy (non-hydrogen) atoms. The minimum atomic E-state index is 0.766. The number of rotatable bonds is 3. The number of nitrogens with one attached hydrogen (secondary N) is 1. The number of hydrogen-bond donors (Lipinski definition) is 1. The number of fused-ring (bicyclic) bond motifs is 2. The molecule has 5 rings (SSSR count). The lowest BCUT2D eigenvalue weighted by molar-refractivity contribution is 0.243. The second-order valence-electron chi connectivity index (χ2n) is 7.14. The molecule has 0 spiro atoms. The molecule has 0 aliphatic carbocycles. The SMILES string of the molecule is Cc1[nH]c2ccccc2c1CN1CCc2nc(-c3cccnc3)ncc2C1. The Morgan fingerprint density at radius 2 is 2.04 bits per heavy atom. The zero-order chi connectivity index (χ0) is 18.2. The van der Waals surface area contributed by atoms with Crippen molar-refractivity contribution in [1.29, 1.82) is 0 Å². The standard InChI is InChI=1S/C22H21N5/c1-15-19(18-6-2-3-7-21(18)25-15)14-27-10-8-20-17(13-27)12-24-22(26-20)16-5-4-9-23-11-16/h2-7,9,11-12,25H,8,10,13-14H2,1H3. The van der Waals surface area contributed by atoms with Crippen LogP contribution >= 0.6 is 0 Å². The van der Waals surface area contributed by atoms with Crippen LogP contribution in [-0.2, 0) is 19.5 Å². The quantitative estimate of drug-likeness (QED) is 0.606. The minimum Gasteiger partial charge on any atom is -0.358 e. The third kappa shape index (κ3) is 3.00. The van der Waals surface area contributed by atoms with Gasteiger partial charge in [0.1, 0.15) is 0 Å². The average Bonchev–Trinajstić information content (AvgIpc) is 3.03. The zero-order valence-corrected chi connectivity index (χ0v) is 15.3. The highest BCUT2D eigenvalue weighted by atomic mass is 15.1. The number of aromatic nitrogens is 4. The highest BCUT2D eigenvalue weighted by Gasteiger charge is 2.20. The van der Waals surface area contributed by atoms with Crippen LogP contribution < -0.4 is 0 Å². The summed E-state index contributed by atoms with van der Waals surface area (Å²) in [5.41, 5.74) is 7.22. The number of H-pyrrole nitrogens is 1.